The van der Waals surface area contributed by atoms with Crippen molar-refractivity contribution in [3.63, 3.8) is 0 Å². The Bertz CT molecular complexity index is 502. The molecule has 0 aliphatic carbocycles. The quantitative estimate of drug-likeness (QED) is 0.941. The molecule has 1 aromatic carbocycles. The molecule has 17 heavy (non-hydrogen) atoms. The molecule has 0 radical (unpaired) electrons. The molecular formula is C13H13BrN2O. The van der Waals surface area contributed by atoms with Crippen LogP contribution in [0.1, 0.15) is 18.6 Å². The number of hydrogen-bond donors (Lipinski definition) is 1. The Balaban J connectivity index is 2.18. The van der Waals surface area contributed by atoms with Gasteiger partial charge in [-0.25, -0.2) is 4.98 Å². The van der Waals surface area contributed by atoms with Gasteiger partial charge in [0.2, 0.25) is 0 Å². The van der Waals surface area contributed by atoms with Crippen LogP contribution in [0.2, 0.25) is 0 Å². The molecule has 0 unspecified atom stereocenters. The first-order valence-electron chi connectivity index (χ1n) is 5.29. The molecule has 0 spiro atoms. The van der Waals surface area contributed by atoms with Gasteiger partial charge in [-0.1, -0.05) is 30.3 Å². The van der Waals surface area contributed by atoms with Crippen molar-refractivity contribution in [3.8, 4) is 5.75 Å². The summed E-state index contributed by atoms with van der Waals surface area (Å²) in [5, 5.41) is 0. The number of hydrogen-bond acceptors (Lipinski definition) is 3. The third kappa shape index (κ3) is 2.97. The van der Waals surface area contributed by atoms with Gasteiger partial charge in [0.25, 0.3) is 0 Å². The van der Waals surface area contributed by atoms with Crippen molar-refractivity contribution in [1.82, 2.24) is 4.98 Å². The van der Waals surface area contributed by atoms with Crippen molar-refractivity contribution in [3.05, 3.63) is 52.6 Å². The van der Waals surface area contributed by atoms with Gasteiger partial charge in [0, 0.05) is 10.7 Å². The van der Waals surface area contributed by atoms with Gasteiger partial charge >= 0.3 is 0 Å². The Morgan fingerprint density at radius 2 is 2.00 bits per heavy atom. The molecule has 1 atom stereocenters. The number of pyridine rings is 1. The average Bonchev–Trinajstić information content (AvgIpc) is 2.35. The van der Waals surface area contributed by atoms with Crippen LogP contribution >= 0.6 is 15.9 Å². The van der Waals surface area contributed by atoms with Gasteiger partial charge in [0.1, 0.15) is 6.10 Å². The lowest BCUT2D eigenvalue weighted by Gasteiger charge is -2.16. The molecule has 0 fully saturated rings. The SMILES string of the molecule is C[C@@H](Oc1cc(Br)cnc1N)c1ccccc1. The highest BCUT2D eigenvalue weighted by atomic mass is 79.9. The maximum atomic E-state index is 5.79. The number of nitrogens with two attached hydrogens (primary N) is 1. The second-order valence-corrected chi connectivity index (χ2v) is 4.62. The monoisotopic (exact) mass is 292 g/mol. The van der Waals surface area contributed by atoms with Gasteiger partial charge in [0.15, 0.2) is 11.6 Å². The fraction of sp³-hybridized carbons (Fsp3) is 0.154. The molecule has 0 aliphatic rings. The van der Waals surface area contributed by atoms with Crippen molar-refractivity contribution in [2.24, 2.45) is 0 Å². The highest BCUT2D eigenvalue weighted by molar-refractivity contribution is 9.10. The smallest absolute Gasteiger partial charge is 0.166 e. The zero-order chi connectivity index (χ0) is 12.3. The minimum atomic E-state index is -0.0606. The molecule has 0 aliphatic heterocycles. The molecule has 0 bridgehead atoms. The maximum Gasteiger partial charge on any atom is 0.166 e. The van der Waals surface area contributed by atoms with Gasteiger partial charge in [0.05, 0.1) is 0 Å². The van der Waals surface area contributed by atoms with Crippen molar-refractivity contribution < 1.29 is 4.74 Å². The number of ether oxygens (including phenoxy) is 1. The third-order valence-corrected chi connectivity index (χ3v) is 2.85. The van der Waals surface area contributed by atoms with E-state index in [1.807, 2.05) is 43.3 Å². The number of rotatable bonds is 3. The van der Waals surface area contributed by atoms with E-state index in [1.54, 1.807) is 6.20 Å². The van der Waals surface area contributed by atoms with Gasteiger partial charge < -0.3 is 10.5 Å². The number of nitrogen functional groups attached to an aromatic ring is 1. The summed E-state index contributed by atoms with van der Waals surface area (Å²) in [6, 6.07) is 11.8. The lowest BCUT2D eigenvalue weighted by atomic mass is 10.1. The summed E-state index contributed by atoms with van der Waals surface area (Å²) in [6.45, 7) is 1.98. The van der Waals surface area contributed by atoms with Crippen LogP contribution in [0.15, 0.2) is 47.1 Å². The summed E-state index contributed by atoms with van der Waals surface area (Å²) in [5.41, 5.74) is 6.86. The number of benzene rings is 1. The van der Waals surface area contributed by atoms with Gasteiger partial charge in [-0.2, -0.15) is 0 Å². The van der Waals surface area contributed by atoms with E-state index < -0.39 is 0 Å². The van der Waals surface area contributed by atoms with E-state index in [2.05, 4.69) is 20.9 Å². The Morgan fingerprint density at radius 1 is 1.29 bits per heavy atom. The van der Waals surface area contributed by atoms with E-state index >= 15 is 0 Å². The van der Waals surface area contributed by atoms with Gasteiger partial charge in [-0.05, 0) is 34.5 Å². The van der Waals surface area contributed by atoms with E-state index in [4.69, 9.17) is 10.5 Å². The first kappa shape index (κ1) is 11.9. The predicted molar refractivity (Wildman–Crippen MR) is 71.8 cm³/mol. The number of aromatic nitrogens is 1. The van der Waals surface area contributed by atoms with Crippen LogP contribution in [0.4, 0.5) is 5.82 Å². The van der Waals surface area contributed by atoms with Gasteiger partial charge in [-0.3, -0.25) is 0 Å². The zero-order valence-corrected chi connectivity index (χ0v) is 11.0. The predicted octanol–water partition coefficient (Wildman–Crippen LogP) is 3.57. The summed E-state index contributed by atoms with van der Waals surface area (Å²) in [4.78, 5) is 4.03. The summed E-state index contributed by atoms with van der Waals surface area (Å²) in [5.74, 6) is 0.992. The molecule has 0 saturated carbocycles. The lowest BCUT2D eigenvalue weighted by Crippen LogP contribution is -2.05. The second kappa shape index (κ2) is 5.19. The van der Waals surface area contributed by atoms with E-state index in [0.29, 0.717) is 11.6 Å². The lowest BCUT2D eigenvalue weighted by molar-refractivity contribution is 0.227. The standard InChI is InChI=1S/C13H13BrN2O/c1-9(10-5-3-2-4-6-10)17-12-7-11(14)8-16-13(12)15/h2-9H,1H3,(H2,15,16)/t9-/m1/s1. The number of halogens is 1. The van der Waals surface area contributed by atoms with E-state index in [0.717, 1.165) is 10.0 Å². The molecule has 2 aromatic rings. The van der Waals surface area contributed by atoms with E-state index in [1.165, 1.54) is 0 Å². The minimum Gasteiger partial charge on any atom is -0.482 e. The van der Waals surface area contributed by atoms with Crippen molar-refractivity contribution in [2.45, 2.75) is 13.0 Å². The molecule has 2 rings (SSSR count). The molecule has 1 heterocycles. The molecule has 88 valence electrons. The summed E-state index contributed by atoms with van der Waals surface area (Å²) < 4.78 is 6.64. The Morgan fingerprint density at radius 3 is 2.71 bits per heavy atom. The van der Waals surface area contributed by atoms with Crippen molar-refractivity contribution >= 4 is 21.7 Å². The molecule has 4 heteroatoms. The van der Waals surface area contributed by atoms with Crippen LogP contribution in [0.5, 0.6) is 5.75 Å². The summed E-state index contributed by atoms with van der Waals surface area (Å²) in [6.07, 6.45) is 1.59. The first-order valence-corrected chi connectivity index (χ1v) is 6.09. The van der Waals surface area contributed by atoms with Crippen LogP contribution in [-0.4, -0.2) is 4.98 Å². The van der Waals surface area contributed by atoms with Crippen LogP contribution in [-0.2, 0) is 0 Å². The third-order valence-electron chi connectivity index (χ3n) is 2.42. The second-order valence-electron chi connectivity index (χ2n) is 3.71. The fourth-order valence-electron chi connectivity index (χ4n) is 1.51. The molecule has 3 nitrogen and oxygen atoms in total. The number of anilines is 1. The zero-order valence-electron chi connectivity index (χ0n) is 9.43. The highest BCUT2D eigenvalue weighted by Crippen LogP contribution is 2.28. The average molecular weight is 293 g/mol. The molecule has 0 saturated heterocycles. The van der Waals surface area contributed by atoms with E-state index in [-0.39, 0.29) is 6.10 Å². The molecular weight excluding hydrogens is 280 g/mol. The Labute approximate surface area is 109 Å². The van der Waals surface area contributed by atoms with Crippen molar-refractivity contribution in [1.29, 1.82) is 0 Å². The van der Waals surface area contributed by atoms with Gasteiger partial charge in [-0.15, -0.1) is 0 Å². The largest absolute Gasteiger partial charge is 0.482 e. The maximum absolute atomic E-state index is 5.79. The molecule has 2 N–H and O–H groups in total. The van der Waals surface area contributed by atoms with Crippen LogP contribution in [0.3, 0.4) is 0 Å². The van der Waals surface area contributed by atoms with Crippen molar-refractivity contribution in [2.75, 3.05) is 5.73 Å². The number of nitrogens with zero attached hydrogens (tertiary/aromatic N) is 1. The Hall–Kier alpha value is -1.55. The van der Waals surface area contributed by atoms with Crippen LogP contribution in [0.25, 0.3) is 0 Å². The summed E-state index contributed by atoms with van der Waals surface area (Å²) >= 11 is 3.34. The minimum absolute atomic E-state index is 0.0606. The van der Waals surface area contributed by atoms with Crippen LogP contribution < -0.4 is 10.5 Å². The molecule has 0 amide bonds. The first-order chi connectivity index (χ1) is 8.16. The topological polar surface area (TPSA) is 48.1 Å². The Kier molecular flexibility index (Phi) is 3.64. The van der Waals surface area contributed by atoms with E-state index in [9.17, 15) is 0 Å². The highest BCUT2D eigenvalue weighted by Gasteiger charge is 2.09. The van der Waals surface area contributed by atoms with Crippen LogP contribution in [0, 0.1) is 0 Å². The summed E-state index contributed by atoms with van der Waals surface area (Å²) in [7, 11) is 0. The fourth-order valence-corrected chi connectivity index (χ4v) is 1.82. The normalized spacial score (nSPS) is 12.1. The molecule has 1 aromatic heterocycles.